The molecule has 0 aromatic heterocycles. The van der Waals surface area contributed by atoms with Crippen LogP contribution in [0.15, 0.2) is 56.9 Å². The molecular weight excluding hydrogens is 422 g/mol. The molecule has 0 spiro atoms. The minimum absolute atomic E-state index is 0.110. The van der Waals surface area contributed by atoms with Gasteiger partial charge in [-0.1, -0.05) is 17.7 Å². The van der Waals surface area contributed by atoms with Crippen LogP contribution in [0.1, 0.15) is 12.0 Å². The highest BCUT2D eigenvalue weighted by molar-refractivity contribution is 9.10. The first kappa shape index (κ1) is 19.8. The molecular formula is C18H19BrClN3OS. The largest absolute Gasteiger partial charge is 0.377 e. The number of benzene rings is 2. The van der Waals surface area contributed by atoms with E-state index in [-0.39, 0.29) is 5.91 Å². The van der Waals surface area contributed by atoms with Gasteiger partial charge < -0.3 is 4.90 Å². The van der Waals surface area contributed by atoms with E-state index >= 15 is 0 Å². The van der Waals surface area contributed by atoms with E-state index in [1.807, 2.05) is 61.5 Å². The lowest BCUT2D eigenvalue weighted by atomic mass is 10.2. The average molecular weight is 441 g/mol. The van der Waals surface area contributed by atoms with Crippen LogP contribution in [0, 0.1) is 0 Å². The summed E-state index contributed by atoms with van der Waals surface area (Å²) in [5.41, 5.74) is 4.55. The summed E-state index contributed by atoms with van der Waals surface area (Å²) in [6.07, 6.45) is 2.03. The summed E-state index contributed by atoms with van der Waals surface area (Å²) in [4.78, 5) is 14.9. The zero-order chi connectivity index (χ0) is 18.2. The van der Waals surface area contributed by atoms with Crippen molar-refractivity contribution in [2.45, 2.75) is 11.3 Å². The van der Waals surface area contributed by atoms with Gasteiger partial charge in [-0.15, -0.1) is 11.8 Å². The number of hydrogen-bond acceptors (Lipinski definition) is 4. The third-order valence-electron chi connectivity index (χ3n) is 3.27. The molecule has 1 amide bonds. The number of rotatable bonds is 7. The molecule has 2 aromatic carbocycles. The van der Waals surface area contributed by atoms with Gasteiger partial charge in [0, 0.05) is 40.7 Å². The molecule has 2 rings (SSSR count). The van der Waals surface area contributed by atoms with Crippen molar-refractivity contribution in [2.24, 2.45) is 5.10 Å². The summed E-state index contributed by atoms with van der Waals surface area (Å²) in [7, 11) is 3.96. The number of hydrazone groups is 1. The highest BCUT2D eigenvalue weighted by atomic mass is 79.9. The summed E-state index contributed by atoms with van der Waals surface area (Å²) in [5.74, 6) is 0.577. The predicted molar refractivity (Wildman–Crippen MR) is 111 cm³/mol. The first-order chi connectivity index (χ1) is 12.0. The SMILES string of the molecule is CN(C)c1ccc(C=NNC(=O)CCSc2ccc(Cl)cc2)cc1Br. The molecule has 0 unspecified atom stereocenters. The predicted octanol–water partition coefficient (Wildman–Crippen LogP) is 4.80. The molecule has 0 radical (unpaired) electrons. The molecule has 0 heterocycles. The Morgan fingerprint density at radius 3 is 2.64 bits per heavy atom. The zero-order valence-electron chi connectivity index (χ0n) is 14.0. The highest BCUT2D eigenvalue weighted by Gasteiger charge is 2.03. The molecule has 0 saturated carbocycles. The fourth-order valence-electron chi connectivity index (χ4n) is 1.99. The summed E-state index contributed by atoms with van der Waals surface area (Å²) in [6, 6.07) is 13.5. The van der Waals surface area contributed by atoms with Crippen molar-refractivity contribution in [3.05, 3.63) is 57.5 Å². The number of carbonyl (C=O) groups excluding carboxylic acids is 1. The summed E-state index contributed by atoms with van der Waals surface area (Å²) in [5, 5.41) is 4.72. The van der Waals surface area contributed by atoms with Gasteiger partial charge in [0.05, 0.1) is 11.9 Å². The summed E-state index contributed by atoms with van der Waals surface area (Å²) >= 11 is 11.0. The lowest BCUT2D eigenvalue weighted by Gasteiger charge is -2.14. The van der Waals surface area contributed by atoms with Crippen molar-refractivity contribution < 1.29 is 4.79 Å². The number of nitrogens with zero attached hydrogens (tertiary/aromatic N) is 2. The fourth-order valence-corrected chi connectivity index (χ4v) is 3.72. The Kier molecular flexibility index (Phi) is 7.81. The summed E-state index contributed by atoms with van der Waals surface area (Å²) < 4.78 is 0.979. The maximum absolute atomic E-state index is 11.8. The maximum atomic E-state index is 11.8. The minimum atomic E-state index is -0.110. The number of nitrogens with one attached hydrogen (secondary N) is 1. The van der Waals surface area contributed by atoms with Gasteiger partial charge in [0.2, 0.25) is 5.91 Å². The van der Waals surface area contributed by atoms with Crippen molar-refractivity contribution in [1.29, 1.82) is 0 Å². The van der Waals surface area contributed by atoms with E-state index < -0.39 is 0 Å². The highest BCUT2D eigenvalue weighted by Crippen LogP contribution is 2.25. The quantitative estimate of drug-likeness (QED) is 0.382. The third kappa shape index (κ3) is 6.72. The van der Waals surface area contributed by atoms with Crippen LogP contribution >= 0.6 is 39.3 Å². The van der Waals surface area contributed by atoms with Crippen molar-refractivity contribution >= 4 is 57.1 Å². The molecule has 0 aliphatic heterocycles. The molecule has 0 atom stereocenters. The lowest BCUT2D eigenvalue weighted by molar-refractivity contribution is -0.120. The molecule has 2 aromatic rings. The number of hydrogen-bond donors (Lipinski definition) is 1. The molecule has 0 saturated heterocycles. The van der Waals surface area contributed by atoms with E-state index in [1.54, 1.807) is 18.0 Å². The molecule has 132 valence electrons. The summed E-state index contributed by atoms with van der Waals surface area (Å²) in [6.45, 7) is 0. The normalized spacial score (nSPS) is 10.9. The van der Waals surface area contributed by atoms with E-state index in [1.165, 1.54) is 0 Å². The molecule has 0 fully saturated rings. The molecule has 0 aliphatic rings. The lowest BCUT2D eigenvalue weighted by Crippen LogP contribution is -2.17. The smallest absolute Gasteiger partial charge is 0.240 e. The van der Waals surface area contributed by atoms with Gasteiger partial charge in [-0.25, -0.2) is 5.43 Å². The van der Waals surface area contributed by atoms with Crippen LogP contribution in [0.3, 0.4) is 0 Å². The Morgan fingerprint density at radius 2 is 2.00 bits per heavy atom. The van der Waals surface area contributed by atoms with Crippen LogP contribution in [-0.2, 0) is 4.79 Å². The number of carbonyl (C=O) groups is 1. The number of thioether (sulfide) groups is 1. The van der Waals surface area contributed by atoms with Crippen molar-refractivity contribution in [3.63, 3.8) is 0 Å². The van der Waals surface area contributed by atoms with E-state index in [0.29, 0.717) is 17.2 Å². The molecule has 0 aliphatic carbocycles. The van der Waals surface area contributed by atoms with Gasteiger partial charge in [0.15, 0.2) is 0 Å². The van der Waals surface area contributed by atoms with Crippen molar-refractivity contribution in [1.82, 2.24) is 5.43 Å². The van der Waals surface area contributed by atoms with Crippen molar-refractivity contribution in [3.8, 4) is 0 Å². The van der Waals surface area contributed by atoms with E-state index in [0.717, 1.165) is 20.6 Å². The van der Waals surface area contributed by atoms with Gasteiger partial charge in [0.1, 0.15) is 0 Å². The third-order valence-corrected chi connectivity index (χ3v) is 5.17. The van der Waals surface area contributed by atoms with E-state index in [2.05, 4.69) is 26.5 Å². The molecule has 4 nitrogen and oxygen atoms in total. The van der Waals surface area contributed by atoms with Gasteiger partial charge in [-0.3, -0.25) is 4.79 Å². The van der Waals surface area contributed by atoms with Crippen LogP contribution in [0.25, 0.3) is 0 Å². The first-order valence-corrected chi connectivity index (χ1v) is 9.78. The molecule has 25 heavy (non-hydrogen) atoms. The zero-order valence-corrected chi connectivity index (χ0v) is 17.2. The Bertz CT molecular complexity index is 750. The second-order valence-corrected chi connectivity index (χ2v) is 7.91. The van der Waals surface area contributed by atoms with E-state index in [9.17, 15) is 4.79 Å². The second kappa shape index (κ2) is 9.85. The first-order valence-electron chi connectivity index (χ1n) is 7.63. The standard InChI is InChI=1S/C18H19BrClN3OS/c1-23(2)17-8-3-13(11-16(17)19)12-21-22-18(24)9-10-25-15-6-4-14(20)5-7-15/h3-8,11-12H,9-10H2,1-2H3,(H,22,24). The second-order valence-electron chi connectivity index (χ2n) is 5.45. The van der Waals surface area contributed by atoms with Gasteiger partial charge in [-0.05, 0) is 57.9 Å². The van der Waals surface area contributed by atoms with Crippen LogP contribution in [0.4, 0.5) is 5.69 Å². The number of amides is 1. The Labute approximate surface area is 165 Å². The minimum Gasteiger partial charge on any atom is -0.377 e. The molecule has 7 heteroatoms. The average Bonchev–Trinajstić information content (AvgIpc) is 2.56. The van der Waals surface area contributed by atoms with Crippen LogP contribution in [0.5, 0.6) is 0 Å². The topological polar surface area (TPSA) is 44.7 Å². The fraction of sp³-hybridized carbons (Fsp3) is 0.222. The Morgan fingerprint density at radius 1 is 1.28 bits per heavy atom. The molecule has 1 N–H and O–H groups in total. The van der Waals surface area contributed by atoms with Crippen molar-refractivity contribution in [2.75, 3.05) is 24.7 Å². The van der Waals surface area contributed by atoms with E-state index in [4.69, 9.17) is 11.6 Å². The van der Waals surface area contributed by atoms with Gasteiger partial charge >= 0.3 is 0 Å². The Balaban J connectivity index is 1.76. The monoisotopic (exact) mass is 439 g/mol. The van der Waals surface area contributed by atoms with Crippen LogP contribution in [-0.4, -0.2) is 32.0 Å². The van der Waals surface area contributed by atoms with Crippen LogP contribution < -0.4 is 10.3 Å². The van der Waals surface area contributed by atoms with Gasteiger partial charge in [-0.2, -0.15) is 5.10 Å². The van der Waals surface area contributed by atoms with Crippen LogP contribution in [0.2, 0.25) is 5.02 Å². The Hall–Kier alpha value is -1.50. The number of halogens is 2. The van der Waals surface area contributed by atoms with Gasteiger partial charge in [0.25, 0.3) is 0 Å². The maximum Gasteiger partial charge on any atom is 0.240 e. The molecule has 0 bridgehead atoms. The number of anilines is 1.